The second-order valence-corrected chi connectivity index (χ2v) is 3.77. The summed E-state index contributed by atoms with van der Waals surface area (Å²) in [5.74, 6) is -0.755. The van der Waals surface area contributed by atoms with Gasteiger partial charge in [0.05, 0.1) is 11.8 Å². The van der Waals surface area contributed by atoms with Crippen LogP contribution < -0.4 is 5.73 Å². The van der Waals surface area contributed by atoms with Gasteiger partial charge in [-0.05, 0) is 19.9 Å². The predicted octanol–water partition coefficient (Wildman–Crippen LogP) is 1.03. The number of pyridine rings is 1. The number of nitrogens with two attached hydrogens (primary N) is 1. The third-order valence-electron chi connectivity index (χ3n) is 2.21. The number of carbonyl (C=O) groups is 1. The summed E-state index contributed by atoms with van der Waals surface area (Å²) in [5.41, 5.74) is 5.68. The molecule has 0 radical (unpaired) electrons. The molecule has 0 fully saturated rings. The monoisotopic (exact) mass is 225 g/mol. The highest BCUT2D eigenvalue weighted by atomic mass is 19.1. The van der Waals surface area contributed by atoms with Crippen LogP contribution in [0, 0.1) is 5.82 Å². The van der Waals surface area contributed by atoms with Crippen molar-refractivity contribution in [1.29, 1.82) is 0 Å². The Kier molecular flexibility index (Phi) is 4.37. The highest BCUT2D eigenvalue weighted by molar-refractivity contribution is 5.94. The van der Waals surface area contributed by atoms with Crippen LogP contribution in [-0.2, 0) is 0 Å². The Morgan fingerprint density at radius 2 is 2.25 bits per heavy atom. The van der Waals surface area contributed by atoms with Gasteiger partial charge in [0.25, 0.3) is 5.91 Å². The number of aromatic nitrogens is 1. The van der Waals surface area contributed by atoms with Gasteiger partial charge in [-0.15, -0.1) is 0 Å². The Bertz CT molecular complexity index is 368. The maximum atomic E-state index is 12.9. The fourth-order valence-electron chi connectivity index (χ4n) is 1.43. The van der Waals surface area contributed by atoms with Crippen molar-refractivity contribution in [1.82, 2.24) is 9.88 Å². The first kappa shape index (κ1) is 12.6. The summed E-state index contributed by atoms with van der Waals surface area (Å²) in [4.78, 5) is 17.2. The van der Waals surface area contributed by atoms with Gasteiger partial charge in [-0.1, -0.05) is 0 Å². The van der Waals surface area contributed by atoms with E-state index >= 15 is 0 Å². The quantitative estimate of drug-likeness (QED) is 0.832. The van der Waals surface area contributed by atoms with E-state index in [1.54, 1.807) is 4.90 Å². The van der Waals surface area contributed by atoms with Crippen LogP contribution in [0.15, 0.2) is 18.5 Å². The third-order valence-corrected chi connectivity index (χ3v) is 2.21. The van der Waals surface area contributed by atoms with E-state index in [4.69, 9.17) is 5.73 Å². The van der Waals surface area contributed by atoms with E-state index in [0.717, 1.165) is 6.20 Å². The van der Waals surface area contributed by atoms with Crippen molar-refractivity contribution in [2.45, 2.75) is 19.9 Å². The van der Waals surface area contributed by atoms with E-state index in [1.807, 2.05) is 13.8 Å². The molecule has 5 heteroatoms. The van der Waals surface area contributed by atoms with Crippen molar-refractivity contribution in [3.63, 3.8) is 0 Å². The summed E-state index contributed by atoms with van der Waals surface area (Å²) in [5, 5.41) is 0. The standard InChI is InChI=1S/C11H16FN3O/c1-8(2)15(4-3-13)11(16)9-5-10(12)7-14-6-9/h5-8H,3-4,13H2,1-2H3. The summed E-state index contributed by atoms with van der Waals surface area (Å²) in [7, 11) is 0. The third kappa shape index (κ3) is 3.00. The van der Waals surface area contributed by atoms with Crippen LogP contribution >= 0.6 is 0 Å². The number of amides is 1. The first-order valence-electron chi connectivity index (χ1n) is 5.18. The Labute approximate surface area is 94.3 Å². The predicted molar refractivity (Wildman–Crippen MR) is 59.4 cm³/mol. The van der Waals surface area contributed by atoms with Crippen LogP contribution in [-0.4, -0.2) is 34.9 Å². The highest BCUT2D eigenvalue weighted by Crippen LogP contribution is 2.08. The number of rotatable bonds is 4. The van der Waals surface area contributed by atoms with Gasteiger partial charge in [0.1, 0.15) is 5.82 Å². The molecular formula is C11H16FN3O. The zero-order chi connectivity index (χ0) is 12.1. The topological polar surface area (TPSA) is 59.2 Å². The molecule has 0 unspecified atom stereocenters. The van der Waals surface area contributed by atoms with Crippen LogP contribution in [0.4, 0.5) is 4.39 Å². The largest absolute Gasteiger partial charge is 0.335 e. The van der Waals surface area contributed by atoms with Gasteiger partial charge in [0.2, 0.25) is 0 Å². The Hall–Kier alpha value is -1.49. The lowest BCUT2D eigenvalue weighted by atomic mass is 10.2. The summed E-state index contributed by atoms with van der Waals surface area (Å²) >= 11 is 0. The zero-order valence-corrected chi connectivity index (χ0v) is 9.48. The molecule has 0 aliphatic heterocycles. The maximum Gasteiger partial charge on any atom is 0.255 e. The van der Waals surface area contributed by atoms with Crippen LogP contribution in [0.25, 0.3) is 0 Å². The minimum atomic E-state index is -0.512. The van der Waals surface area contributed by atoms with Crippen molar-refractivity contribution >= 4 is 5.91 Å². The van der Waals surface area contributed by atoms with Crippen LogP contribution in [0.2, 0.25) is 0 Å². The molecule has 0 bridgehead atoms. The van der Waals surface area contributed by atoms with Gasteiger partial charge in [0.15, 0.2) is 0 Å². The van der Waals surface area contributed by atoms with E-state index in [1.165, 1.54) is 12.3 Å². The van der Waals surface area contributed by atoms with Crippen molar-refractivity contribution in [2.75, 3.05) is 13.1 Å². The number of hydrogen-bond donors (Lipinski definition) is 1. The molecule has 1 aromatic heterocycles. The zero-order valence-electron chi connectivity index (χ0n) is 9.48. The van der Waals surface area contributed by atoms with Crippen LogP contribution in [0.3, 0.4) is 0 Å². The van der Waals surface area contributed by atoms with E-state index in [-0.39, 0.29) is 17.5 Å². The normalized spacial score (nSPS) is 10.6. The first-order valence-corrected chi connectivity index (χ1v) is 5.18. The maximum absolute atomic E-state index is 12.9. The molecule has 0 spiro atoms. The van der Waals surface area contributed by atoms with E-state index < -0.39 is 5.82 Å². The summed E-state index contributed by atoms with van der Waals surface area (Å²) in [6.45, 7) is 4.61. The van der Waals surface area contributed by atoms with Crippen molar-refractivity contribution in [2.24, 2.45) is 5.73 Å². The molecule has 16 heavy (non-hydrogen) atoms. The molecule has 1 amide bonds. The summed E-state index contributed by atoms with van der Waals surface area (Å²) in [6, 6.07) is 1.21. The van der Waals surface area contributed by atoms with E-state index in [2.05, 4.69) is 4.98 Å². The summed E-state index contributed by atoms with van der Waals surface area (Å²) < 4.78 is 12.9. The van der Waals surface area contributed by atoms with Gasteiger partial charge >= 0.3 is 0 Å². The first-order chi connectivity index (χ1) is 7.56. The molecule has 0 atom stereocenters. The molecule has 1 aromatic rings. The van der Waals surface area contributed by atoms with E-state index in [9.17, 15) is 9.18 Å². The van der Waals surface area contributed by atoms with Crippen molar-refractivity contribution < 1.29 is 9.18 Å². The highest BCUT2D eigenvalue weighted by Gasteiger charge is 2.18. The fourth-order valence-corrected chi connectivity index (χ4v) is 1.43. The molecular weight excluding hydrogens is 209 g/mol. The van der Waals surface area contributed by atoms with Crippen LogP contribution in [0.5, 0.6) is 0 Å². The Morgan fingerprint density at radius 1 is 1.56 bits per heavy atom. The minimum Gasteiger partial charge on any atom is -0.335 e. The molecule has 0 saturated heterocycles. The molecule has 1 rings (SSSR count). The van der Waals surface area contributed by atoms with Gasteiger partial charge < -0.3 is 10.6 Å². The lowest BCUT2D eigenvalue weighted by Gasteiger charge is -2.26. The van der Waals surface area contributed by atoms with E-state index in [0.29, 0.717) is 13.1 Å². The van der Waals surface area contributed by atoms with Gasteiger partial charge in [-0.3, -0.25) is 9.78 Å². The molecule has 88 valence electrons. The summed E-state index contributed by atoms with van der Waals surface area (Å²) in [6.07, 6.45) is 2.43. The van der Waals surface area contributed by atoms with Crippen LogP contribution in [0.1, 0.15) is 24.2 Å². The van der Waals surface area contributed by atoms with Crippen molar-refractivity contribution in [3.8, 4) is 0 Å². The molecule has 0 saturated carbocycles. The lowest BCUT2D eigenvalue weighted by Crippen LogP contribution is -2.40. The molecule has 0 aliphatic rings. The lowest BCUT2D eigenvalue weighted by molar-refractivity contribution is 0.0711. The molecule has 1 heterocycles. The molecule has 4 nitrogen and oxygen atoms in total. The average Bonchev–Trinajstić information content (AvgIpc) is 2.24. The van der Waals surface area contributed by atoms with Gasteiger partial charge in [-0.25, -0.2) is 4.39 Å². The smallest absolute Gasteiger partial charge is 0.255 e. The fraction of sp³-hybridized carbons (Fsp3) is 0.455. The number of carbonyl (C=O) groups excluding carboxylic acids is 1. The number of halogens is 1. The SMILES string of the molecule is CC(C)N(CCN)C(=O)c1cncc(F)c1. The van der Waals surface area contributed by atoms with Gasteiger partial charge in [0, 0.05) is 25.3 Å². The second-order valence-electron chi connectivity index (χ2n) is 3.77. The minimum absolute atomic E-state index is 0.0271. The van der Waals surface area contributed by atoms with Crippen molar-refractivity contribution in [3.05, 3.63) is 29.8 Å². The Balaban J connectivity index is 2.90. The second kappa shape index (κ2) is 5.55. The molecule has 0 aliphatic carbocycles. The molecule has 0 aromatic carbocycles. The molecule has 2 N–H and O–H groups in total. The average molecular weight is 225 g/mol. The number of nitrogens with zero attached hydrogens (tertiary/aromatic N) is 2. The number of hydrogen-bond acceptors (Lipinski definition) is 3. The van der Waals surface area contributed by atoms with Gasteiger partial charge in [-0.2, -0.15) is 0 Å². The Morgan fingerprint density at radius 3 is 2.75 bits per heavy atom.